The Labute approximate surface area is 209 Å². The zero-order valence-corrected chi connectivity index (χ0v) is 19.5. The van der Waals surface area contributed by atoms with Crippen molar-refractivity contribution in [2.75, 3.05) is 0 Å². The molecular weight excluding hydrogens is 475 g/mol. The van der Waals surface area contributed by atoms with Crippen molar-refractivity contribution < 1.29 is 13.2 Å². The molecule has 0 aliphatic carbocycles. The quantitative estimate of drug-likeness (QED) is 0.259. The topological polar surface area (TPSA) is 64.5 Å². The first kappa shape index (κ1) is 22.7. The molecule has 0 radical (unpaired) electrons. The van der Waals surface area contributed by atoms with Crippen LogP contribution in [0.1, 0.15) is 11.1 Å². The SMILES string of the molecule is Cc1c(-c2ccccc2)c(-c2nc3ccc(C(F)(F)F)cc3nc2-c2ccccc2)nc2nccnc12. The zero-order chi connectivity index (χ0) is 25.6. The van der Waals surface area contributed by atoms with Gasteiger partial charge >= 0.3 is 6.18 Å². The van der Waals surface area contributed by atoms with Crippen LogP contribution in [-0.4, -0.2) is 24.9 Å². The summed E-state index contributed by atoms with van der Waals surface area (Å²) in [5.41, 5.74) is 5.53. The molecule has 0 unspecified atom stereocenters. The molecule has 6 aromatic rings. The molecule has 3 aromatic carbocycles. The fourth-order valence-electron chi connectivity index (χ4n) is 4.46. The van der Waals surface area contributed by atoms with Crippen LogP contribution in [0.3, 0.4) is 0 Å². The molecule has 0 saturated carbocycles. The van der Waals surface area contributed by atoms with Crippen molar-refractivity contribution in [3.8, 4) is 33.8 Å². The van der Waals surface area contributed by atoms with E-state index in [9.17, 15) is 13.2 Å². The van der Waals surface area contributed by atoms with Gasteiger partial charge in [0.25, 0.3) is 0 Å². The van der Waals surface area contributed by atoms with E-state index in [2.05, 4.69) is 9.97 Å². The van der Waals surface area contributed by atoms with Crippen LogP contribution in [-0.2, 0) is 6.18 Å². The Bertz CT molecular complexity index is 1770. The molecule has 0 saturated heterocycles. The van der Waals surface area contributed by atoms with Crippen LogP contribution >= 0.6 is 0 Å². The maximum atomic E-state index is 13.4. The Kier molecular flexibility index (Phi) is 5.37. The number of pyridine rings is 1. The lowest BCUT2D eigenvalue weighted by molar-refractivity contribution is -0.137. The number of fused-ring (bicyclic) bond motifs is 2. The van der Waals surface area contributed by atoms with Gasteiger partial charge in [0.15, 0.2) is 5.65 Å². The molecule has 3 aromatic heterocycles. The van der Waals surface area contributed by atoms with Gasteiger partial charge in [0.1, 0.15) is 16.9 Å². The van der Waals surface area contributed by atoms with Gasteiger partial charge < -0.3 is 0 Å². The molecule has 3 heterocycles. The maximum absolute atomic E-state index is 13.4. The van der Waals surface area contributed by atoms with Crippen LogP contribution in [0.2, 0.25) is 0 Å². The van der Waals surface area contributed by atoms with Gasteiger partial charge in [-0.15, -0.1) is 0 Å². The van der Waals surface area contributed by atoms with E-state index in [0.717, 1.165) is 28.8 Å². The van der Waals surface area contributed by atoms with E-state index < -0.39 is 11.7 Å². The summed E-state index contributed by atoms with van der Waals surface area (Å²) in [4.78, 5) is 23.3. The van der Waals surface area contributed by atoms with Gasteiger partial charge in [0.05, 0.1) is 22.3 Å². The lowest BCUT2D eigenvalue weighted by Crippen LogP contribution is -2.06. The average molecular weight is 493 g/mol. The molecule has 37 heavy (non-hydrogen) atoms. The van der Waals surface area contributed by atoms with Crippen LogP contribution < -0.4 is 0 Å². The molecule has 0 amide bonds. The fourth-order valence-corrected chi connectivity index (χ4v) is 4.46. The van der Waals surface area contributed by atoms with Gasteiger partial charge in [-0.05, 0) is 36.2 Å². The van der Waals surface area contributed by atoms with E-state index in [1.165, 1.54) is 6.07 Å². The standard InChI is InChI=1S/C29H18F3N5/c1-17-23(18-8-4-2-5-9-18)26(37-28-24(17)33-14-15-34-28)27-25(19-10-6-3-7-11-19)36-22-16-20(29(30,31)32)12-13-21(22)35-27/h2-16H,1H3. The molecule has 0 N–H and O–H groups in total. The summed E-state index contributed by atoms with van der Waals surface area (Å²) >= 11 is 0. The normalized spacial score (nSPS) is 11.8. The van der Waals surface area contributed by atoms with Crippen molar-refractivity contribution in [1.82, 2.24) is 24.9 Å². The highest BCUT2D eigenvalue weighted by molar-refractivity contribution is 5.96. The van der Waals surface area contributed by atoms with Crippen LogP contribution in [0.5, 0.6) is 0 Å². The number of alkyl halides is 3. The first-order chi connectivity index (χ1) is 17.9. The van der Waals surface area contributed by atoms with E-state index in [4.69, 9.17) is 15.0 Å². The summed E-state index contributed by atoms with van der Waals surface area (Å²) < 4.78 is 40.3. The van der Waals surface area contributed by atoms with Crippen LogP contribution in [0.4, 0.5) is 13.2 Å². The maximum Gasteiger partial charge on any atom is 0.416 e. The van der Waals surface area contributed by atoms with Gasteiger partial charge in [0.2, 0.25) is 0 Å². The van der Waals surface area contributed by atoms with Crippen molar-refractivity contribution in [2.24, 2.45) is 0 Å². The number of hydrogen-bond donors (Lipinski definition) is 0. The van der Waals surface area contributed by atoms with Gasteiger partial charge in [-0.25, -0.2) is 19.9 Å². The highest BCUT2D eigenvalue weighted by Gasteiger charge is 2.31. The highest BCUT2D eigenvalue weighted by Crippen LogP contribution is 2.40. The molecular formula is C29H18F3N5. The predicted octanol–water partition coefficient (Wildman–Crippen LogP) is 7.30. The van der Waals surface area contributed by atoms with Gasteiger partial charge in [0, 0.05) is 23.5 Å². The van der Waals surface area contributed by atoms with E-state index in [1.807, 2.05) is 67.6 Å². The lowest BCUT2D eigenvalue weighted by atomic mass is 9.94. The minimum absolute atomic E-state index is 0.149. The van der Waals surface area contributed by atoms with Crippen molar-refractivity contribution in [1.29, 1.82) is 0 Å². The van der Waals surface area contributed by atoms with Crippen LogP contribution in [0.15, 0.2) is 91.3 Å². The van der Waals surface area contributed by atoms with E-state index >= 15 is 0 Å². The minimum atomic E-state index is -4.49. The number of aromatic nitrogens is 5. The second-order valence-electron chi connectivity index (χ2n) is 8.54. The smallest absolute Gasteiger partial charge is 0.251 e. The second kappa shape index (κ2) is 8.74. The molecule has 0 atom stereocenters. The average Bonchev–Trinajstić information content (AvgIpc) is 2.92. The number of hydrogen-bond acceptors (Lipinski definition) is 5. The molecule has 180 valence electrons. The van der Waals surface area contributed by atoms with Gasteiger partial charge in [-0.3, -0.25) is 4.98 Å². The summed E-state index contributed by atoms with van der Waals surface area (Å²) in [5.74, 6) is 0. The van der Waals surface area contributed by atoms with Gasteiger partial charge in [-0.2, -0.15) is 13.2 Å². The number of aryl methyl sites for hydroxylation is 1. The first-order valence-electron chi connectivity index (χ1n) is 11.5. The lowest BCUT2D eigenvalue weighted by Gasteiger charge is -2.17. The Morgan fingerprint density at radius 1 is 0.622 bits per heavy atom. The summed E-state index contributed by atoms with van der Waals surface area (Å²) in [6.45, 7) is 1.96. The zero-order valence-electron chi connectivity index (χ0n) is 19.5. The Hall–Kier alpha value is -4.72. The first-order valence-corrected chi connectivity index (χ1v) is 11.5. The monoisotopic (exact) mass is 493 g/mol. The third kappa shape index (κ3) is 4.06. The third-order valence-electron chi connectivity index (χ3n) is 6.19. The molecule has 6 rings (SSSR count). The predicted molar refractivity (Wildman–Crippen MR) is 136 cm³/mol. The molecule has 0 fully saturated rings. The van der Waals surface area contributed by atoms with Crippen molar-refractivity contribution in [2.45, 2.75) is 13.1 Å². The number of halogens is 3. The fraction of sp³-hybridized carbons (Fsp3) is 0.0690. The van der Waals surface area contributed by atoms with E-state index in [0.29, 0.717) is 39.3 Å². The van der Waals surface area contributed by atoms with Gasteiger partial charge in [-0.1, -0.05) is 60.7 Å². The molecule has 5 nitrogen and oxygen atoms in total. The number of rotatable bonds is 3. The van der Waals surface area contributed by atoms with Crippen molar-refractivity contribution >= 4 is 22.2 Å². The minimum Gasteiger partial charge on any atom is -0.251 e. The summed E-state index contributed by atoms with van der Waals surface area (Å²) in [7, 11) is 0. The highest BCUT2D eigenvalue weighted by atomic mass is 19.4. The Morgan fingerprint density at radius 2 is 1.27 bits per heavy atom. The Morgan fingerprint density at radius 3 is 1.97 bits per heavy atom. The largest absolute Gasteiger partial charge is 0.416 e. The molecule has 0 bridgehead atoms. The Balaban J connectivity index is 1.73. The molecule has 0 aliphatic rings. The van der Waals surface area contributed by atoms with E-state index in [1.54, 1.807) is 12.4 Å². The molecule has 8 heteroatoms. The van der Waals surface area contributed by atoms with Crippen LogP contribution in [0, 0.1) is 6.92 Å². The summed E-state index contributed by atoms with van der Waals surface area (Å²) in [6, 6.07) is 22.4. The summed E-state index contributed by atoms with van der Waals surface area (Å²) in [6.07, 6.45) is -1.30. The number of benzene rings is 3. The van der Waals surface area contributed by atoms with E-state index in [-0.39, 0.29) is 5.52 Å². The molecule has 0 spiro atoms. The number of nitrogens with zero attached hydrogens (tertiary/aromatic N) is 5. The van der Waals surface area contributed by atoms with Crippen LogP contribution in [0.25, 0.3) is 56.0 Å². The second-order valence-corrected chi connectivity index (χ2v) is 8.54. The summed E-state index contributed by atoms with van der Waals surface area (Å²) in [5, 5.41) is 0. The van der Waals surface area contributed by atoms with Crippen molar-refractivity contribution in [3.63, 3.8) is 0 Å². The third-order valence-corrected chi connectivity index (χ3v) is 6.19. The molecule has 0 aliphatic heterocycles. The van der Waals surface area contributed by atoms with Crippen molar-refractivity contribution in [3.05, 3.63) is 102 Å².